The van der Waals surface area contributed by atoms with Crippen molar-refractivity contribution in [1.82, 2.24) is 9.29 Å². The van der Waals surface area contributed by atoms with Crippen LogP contribution in [0, 0.1) is 5.92 Å². The number of fused-ring (bicyclic) bond motifs is 1. The minimum Gasteiger partial charge on any atom is -0.464 e. The van der Waals surface area contributed by atoms with E-state index in [9.17, 15) is 24.0 Å². The Kier molecular flexibility index (Phi) is 7.19. The third-order valence-electron chi connectivity index (χ3n) is 6.87. The number of carbonyl (C=O) groups is 2. The number of benzene rings is 1. The zero-order valence-corrected chi connectivity index (χ0v) is 23.8. The molecule has 37 heavy (non-hydrogen) atoms. The van der Waals surface area contributed by atoms with Crippen molar-refractivity contribution in [1.29, 1.82) is 0 Å². The van der Waals surface area contributed by atoms with Gasteiger partial charge in [-0.3, -0.25) is 0 Å². The van der Waals surface area contributed by atoms with Gasteiger partial charge in [0.1, 0.15) is 14.8 Å². The largest absolute Gasteiger partial charge is 0.464 e. The molecule has 2 aliphatic rings. The zero-order valence-electron chi connectivity index (χ0n) is 22.2. The van der Waals surface area contributed by atoms with Crippen LogP contribution in [0.25, 0.3) is 0 Å². The number of amides is 3. The number of rotatable bonds is 6. The molecule has 0 spiro atoms. The second kappa shape index (κ2) is 9.67. The van der Waals surface area contributed by atoms with E-state index in [0.717, 1.165) is 54.6 Å². The van der Waals surface area contributed by atoms with Crippen LogP contribution in [0.5, 0.6) is 0 Å². The second-order valence-corrected chi connectivity index (χ2v) is 14.7. The maximum Gasteiger partial charge on any atom is 0.420 e. The number of nitrogens with zero attached hydrogens (tertiary/aromatic N) is 3. The fraction of sp³-hybridized carbons (Fsp3) is 0.577. The summed E-state index contributed by atoms with van der Waals surface area (Å²) in [4.78, 5) is 30.0. The fourth-order valence-electron chi connectivity index (χ4n) is 4.91. The van der Waals surface area contributed by atoms with Crippen LogP contribution in [0.1, 0.15) is 88.4 Å². The molecule has 1 saturated carbocycles. The molecule has 0 saturated heterocycles. The molecule has 1 heterocycles. The number of urea groups is 1. The summed E-state index contributed by atoms with van der Waals surface area (Å²) in [5.74, 6) is 0.823. The van der Waals surface area contributed by atoms with E-state index in [2.05, 4.69) is 33.7 Å². The summed E-state index contributed by atoms with van der Waals surface area (Å²) in [6.45, 7) is 9.98. The molecular formula is C26H36N4O5S2. The van der Waals surface area contributed by atoms with Gasteiger partial charge in [-0.2, -0.15) is 0 Å². The highest BCUT2D eigenvalue weighted by molar-refractivity contribution is 7.94. The molecule has 2 unspecified atom stereocenters. The second-order valence-electron chi connectivity index (χ2n) is 11.5. The maximum absolute atomic E-state index is 14.5. The molecule has 9 nitrogen and oxygen atoms in total. The van der Waals surface area contributed by atoms with E-state index in [0.29, 0.717) is 15.9 Å². The Morgan fingerprint density at radius 2 is 1.89 bits per heavy atom. The highest BCUT2D eigenvalue weighted by Crippen LogP contribution is 2.46. The van der Waals surface area contributed by atoms with Crippen molar-refractivity contribution in [2.45, 2.75) is 94.9 Å². The molecule has 0 radical (unpaired) electrons. The van der Waals surface area contributed by atoms with Gasteiger partial charge in [0.05, 0.1) is 11.7 Å². The van der Waals surface area contributed by atoms with Gasteiger partial charge in [-0.25, -0.2) is 23.1 Å². The lowest BCUT2D eigenvalue weighted by molar-refractivity contribution is 0.0782. The van der Waals surface area contributed by atoms with Crippen LogP contribution in [0.15, 0.2) is 26.9 Å². The van der Waals surface area contributed by atoms with E-state index in [4.69, 9.17) is 0 Å². The highest BCUT2D eigenvalue weighted by Gasteiger charge is 2.40. The van der Waals surface area contributed by atoms with Gasteiger partial charge in [0.25, 0.3) is 0 Å². The fourth-order valence-corrected chi connectivity index (χ4v) is 8.33. The Morgan fingerprint density at radius 1 is 1.22 bits per heavy atom. The van der Waals surface area contributed by atoms with Crippen LogP contribution in [0.2, 0.25) is 0 Å². The van der Waals surface area contributed by atoms with Gasteiger partial charge in [0.2, 0.25) is 0 Å². The molecule has 1 aromatic carbocycles. The van der Waals surface area contributed by atoms with Crippen molar-refractivity contribution in [2.24, 2.45) is 10.3 Å². The Bertz CT molecular complexity index is 1340. The zero-order chi connectivity index (χ0) is 27.3. The van der Waals surface area contributed by atoms with E-state index in [1.165, 1.54) is 25.6 Å². The predicted octanol–water partition coefficient (Wildman–Crippen LogP) is 6.13. The normalized spacial score (nSPS) is 18.0. The molecule has 2 aromatic rings. The first-order valence-electron chi connectivity index (χ1n) is 12.6. The van der Waals surface area contributed by atoms with Gasteiger partial charge in [0.15, 0.2) is 9.92 Å². The Balaban J connectivity index is 1.83. The topological polar surface area (TPSA) is 132 Å². The number of carbonyl (C=O) groups excluding carboxylic acids is 1. The van der Waals surface area contributed by atoms with Gasteiger partial charge in [-0.1, -0.05) is 19.1 Å². The lowest BCUT2D eigenvalue weighted by atomic mass is 9.91. The van der Waals surface area contributed by atoms with E-state index in [1.54, 1.807) is 20.8 Å². The van der Waals surface area contributed by atoms with Crippen molar-refractivity contribution in [3.8, 4) is 0 Å². The Morgan fingerprint density at radius 3 is 2.43 bits per heavy atom. The Hall–Kier alpha value is -2.50. The Labute approximate surface area is 222 Å². The molecule has 3 N–H and O–H groups in total. The smallest absolute Gasteiger partial charge is 0.420 e. The van der Waals surface area contributed by atoms with Gasteiger partial charge in [-0.15, -0.1) is 15.7 Å². The van der Waals surface area contributed by atoms with Crippen molar-refractivity contribution >= 4 is 39.1 Å². The molecule has 0 aliphatic heterocycles. The molecule has 11 heteroatoms. The van der Waals surface area contributed by atoms with Crippen LogP contribution >= 0.6 is 11.3 Å². The third kappa shape index (κ3) is 5.53. The first-order chi connectivity index (χ1) is 17.1. The summed E-state index contributed by atoms with van der Waals surface area (Å²) in [6.07, 6.45) is 4.82. The molecule has 1 aromatic heterocycles. The van der Waals surface area contributed by atoms with Crippen LogP contribution in [-0.4, -0.2) is 41.4 Å². The van der Waals surface area contributed by atoms with Crippen LogP contribution in [0.3, 0.4) is 0 Å². The number of hydrogen-bond acceptors (Lipinski definition) is 6. The van der Waals surface area contributed by atoms with Crippen LogP contribution < -0.4 is 5.32 Å². The van der Waals surface area contributed by atoms with E-state index < -0.39 is 33.2 Å². The summed E-state index contributed by atoms with van der Waals surface area (Å²) < 4.78 is 19.2. The first kappa shape index (κ1) is 27.5. The SMILES string of the molecule is CC(c1ccc2c(c1NC(=O)N=S(=O)(c1cnc(C(C)(C)O)s1)N(C(=O)O)C(C)(C)C)CCC2)C1CC1. The number of aromatic nitrogens is 1. The summed E-state index contributed by atoms with van der Waals surface area (Å²) in [5.41, 5.74) is 1.52. The first-order valence-corrected chi connectivity index (χ1v) is 14.9. The number of anilines is 1. The number of carboxylic acid groups (broad SMARTS) is 1. The van der Waals surface area contributed by atoms with Crippen molar-refractivity contribution in [3.05, 3.63) is 40.0 Å². The van der Waals surface area contributed by atoms with E-state index in [-0.39, 0.29) is 15.1 Å². The minimum atomic E-state index is -3.98. The van der Waals surface area contributed by atoms with Crippen LogP contribution in [0.4, 0.5) is 15.3 Å². The maximum atomic E-state index is 14.5. The van der Waals surface area contributed by atoms with Gasteiger partial charge in [-0.05, 0) is 95.2 Å². The number of nitrogens with one attached hydrogen (secondary N) is 1. The molecule has 1 fully saturated rings. The van der Waals surface area contributed by atoms with Crippen LogP contribution in [-0.2, 0) is 28.4 Å². The van der Waals surface area contributed by atoms with E-state index >= 15 is 0 Å². The number of hydrogen-bond donors (Lipinski definition) is 3. The molecule has 2 aliphatic carbocycles. The molecule has 0 bridgehead atoms. The third-order valence-corrected chi connectivity index (χ3v) is 11.1. The molecule has 202 valence electrons. The average molecular weight is 549 g/mol. The van der Waals surface area contributed by atoms with Crippen molar-refractivity contribution < 1.29 is 24.0 Å². The predicted molar refractivity (Wildman–Crippen MR) is 144 cm³/mol. The number of aliphatic hydroxyl groups is 1. The minimum absolute atomic E-state index is 0.0121. The van der Waals surface area contributed by atoms with Gasteiger partial charge < -0.3 is 15.5 Å². The number of aryl methyl sites for hydroxylation is 1. The molecular weight excluding hydrogens is 512 g/mol. The quantitative estimate of drug-likeness (QED) is 0.398. The summed E-state index contributed by atoms with van der Waals surface area (Å²) in [5, 5.41) is 23.6. The summed E-state index contributed by atoms with van der Waals surface area (Å²) in [6, 6.07) is 3.33. The number of thiazole rings is 1. The molecule has 4 rings (SSSR count). The molecule has 2 atom stereocenters. The summed E-state index contributed by atoms with van der Waals surface area (Å²) >= 11 is 0.882. The highest BCUT2D eigenvalue weighted by atomic mass is 32.2. The van der Waals surface area contributed by atoms with E-state index in [1.807, 2.05) is 0 Å². The monoisotopic (exact) mass is 548 g/mol. The van der Waals surface area contributed by atoms with Crippen molar-refractivity contribution in [3.63, 3.8) is 0 Å². The van der Waals surface area contributed by atoms with Crippen molar-refractivity contribution in [2.75, 3.05) is 5.32 Å². The molecule has 3 amide bonds. The lowest BCUT2D eigenvalue weighted by Gasteiger charge is -2.33. The standard InChI is InChI=1S/C26H36N4O5S2/c1-15(16-10-11-16)18-13-12-17-8-7-9-19(17)21(18)28-23(31)29-37(35,30(24(32)33)25(2,3)4)20-14-27-22(36-20)26(5,6)34/h12-16,34H,7-11H2,1-6H3,(H,28,31)(H,32,33). The average Bonchev–Trinajstić information content (AvgIpc) is 3.27. The van der Waals surface area contributed by atoms with Gasteiger partial charge >= 0.3 is 12.1 Å². The van der Waals surface area contributed by atoms with Gasteiger partial charge in [0, 0.05) is 5.69 Å². The summed E-state index contributed by atoms with van der Waals surface area (Å²) in [7, 11) is -3.98. The lowest BCUT2D eigenvalue weighted by Crippen LogP contribution is -2.48.